The van der Waals surface area contributed by atoms with Crippen molar-refractivity contribution in [1.29, 1.82) is 0 Å². The Labute approximate surface area is 118 Å². The summed E-state index contributed by atoms with van der Waals surface area (Å²) in [6, 6.07) is 6.61. The van der Waals surface area contributed by atoms with E-state index in [4.69, 9.17) is 5.11 Å². The van der Waals surface area contributed by atoms with Gasteiger partial charge in [-0.1, -0.05) is 31.4 Å². The quantitative estimate of drug-likeness (QED) is 0.787. The van der Waals surface area contributed by atoms with Crippen molar-refractivity contribution in [3.8, 4) is 5.69 Å². The minimum absolute atomic E-state index is 0.272. The van der Waals surface area contributed by atoms with E-state index < -0.39 is 5.97 Å². The topological polar surface area (TPSA) is 68.0 Å². The predicted octanol–water partition coefficient (Wildman–Crippen LogP) is 3.09. The van der Waals surface area contributed by atoms with Crippen LogP contribution in [-0.2, 0) is 6.42 Å². The second-order valence-corrected chi connectivity index (χ2v) is 4.82. The van der Waals surface area contributed by atoms with Gasteiger partial charge in [0.2, 0.25) is 0 Å². The Morgan fingerprint density at radius 1 is 1.20 bits per heavy atom. The number of hydrogen-bond donors (Lipinski definition) is 1. The SMILES string of the molecule is CCCCCCc1cn(-c2ccc(C(=O)O)cc2)nn1. The molecular formula is C15H19N3O2. The first-order valence-electron chi connectivity index (χ1n) is 6.95. The molecule has 0 amide bonds. The largest absolute Gasteiger partial charge is 0.478 e. The Kier molecular flexibility index (Phi) is 4.87. The Morgan fingerprint density at radius 2 is 1.95 bits per heavy atom. The Hall–Kier alpha value is -2.17. The fraction of sp³-hybridized carbons (Fsp3) is 0.400. The zero-order valence-electron chi connectivity index (χ0n) is 11.6. The number of carboxylic acid groups (broad SMARTS) is 1. The van der Waals surface area contributed by atoms with E-state index in [2.05, 4.69) is 17.2 Å². The molecule has 2 aromatic rings. The third-order valence-corrected chi connectivity index (χ3v) is 3.21. The van der Waals surface area contributed by atoms with Crippen LogP contribution in [-0.4, -0.2) is 26.1 Å². The molecule has 1 aromatic carbocycles. The van der Waals surface area contributed by atoms with E-state index in [1.54, 1.807) is 28.9 Å². The van der Waals surface area contributed by atoms with E-state index in [0.29, 0.717) is 0 Å². The molecule has 0 unspecified atom stereocenters. The van der Waals surface area contributed by atoms with Crippen LogP contribution in [0.2, 0.25) is 0 Å². The van der Waals surface area contributed by atoms with Crippen molar-refractivity contribution >= 4 is 5.97 Å². The Balaban J connectivity index is 1.99. The lowest BCUT2D eigenvalue weighted by Crippen LogP contribution is -1.98. The van der Waals surface area contributed by atoms with Gasteiger partial charge in [0, 0.05) is 0 Å². The number of carbonyl (C=O) groups is 1. The highest BCUT2D eigenvalue weighted by Gasteiger charge is 2.05. The zero-order chi connectivity index (χ0) is 14.4. The summed E-state index contributed by atoms with van der Waals surface area (Å²) >= 11 is 0. The second-order valence-electron chi connectivity index (χ2n) is 4.82. The minimum atomic E-state index is -0.924. The van der Waals surface area contributed by atoms with E-state index in [1.807, 2.05) is 6.20 Å². The molecule has 0 radical (unpaired) electrons. The molecule has 0 aliphatic rings. The summed E-state index contributed by atoms with van der Waals surface area (Å²) in [6.07, 6.45) is 7.67. The molecule has 20 heavy (non-hydrogen) atoms. The van der Waals surface area contributed by atoms with Crippen molar-refractivity contribution in [3.05, 3.63) is 41.7 Å². The fourth-order valence-corrected chi connectivity index (χ4v) is 2.03. The van der Waals surface area contributed by atoms with Crippen molar-refractivity contribution in [3.63, 3.8) is 0 Å². The molecule has 5 nitrogen and oxygen atoms in total. The highest BCUT2D eigenvalue weighted by Crippen LogP contribution is 2.11. The van der Waals surface area contributed by atoms with Gasteiger partial charge >= 0.3 is 5.97 Å². The summed E-state index contributed by atoms with van der Waals surface area (Å²) in [5.41, 5.74) is 2.07. The molecule has 0 aliphatic heterocycles. The number of aromatic nitrogens is 3. The van der Waals surface area contributed by atoms with Crippen LogP contribution >= 0.6 is 0 Å². The molecule has 0 bridgehead atoms. The van der Waals surface area contributed by atoms with Gasteiger partial charge in [-0.15, -0.1) is 5.10 Å². The van der Waals surface area contributed by atoms with Crippen molar-refractivity contribution in [2.75, 3.05) is 0 Å². The Morgan fingerprint density at radius 3 is 2.60 bits per heavy atom. The maximum atomic E-state index is 10.8. The molecule has 0 atom stereocenters. The molecule has 5 heteroatoms. The molecule has 0 fully saturated rings. The van der Waals surface area contributed by atoms with E-state index in [1.165, 1.54) is 19.3 Å². The van der Waals surface area contributed by atoms with Crippen molar-refractivity contribution in [1.82, 2.24) is 15.0 Å². The maximum Gasteiger partial charge on any atom is 0.335 e. The van der Waals surface area contributed by atoms with Gasteiger partial charge in [0.25, 0.3) is 0 Å². The number of benzene rings is 1. The van der Waals surface area contributed by atoms with Gasteiger partial charge in [0.15, 0.2) is 0 Å². The second kappa shape index (κ2) is 6.84. The number of nitrogens with zero attached hydrogens (tertiary/aromatic N) is 3. The summed E-state index contributed by atoms with van der Waals surface area (Å²) in [5, 5.41) is 17.1. The van der Waals surface area contributed by atoms with E-state index in [-0.39, 0.29) is 5.56 Å². The normalized spacial score (nSPS) is 10.7. The van der Waals surface area contributed by atoms with Gasteiger partial charge in [0.05, 0.1) is 23.1 Å². The zero-order valence-corrected chi connectivity index (χ0v) is 11.6. The highest BCUT2D eigenvalue weighted by atomic mass is 16.4. The molecule has 0 aliphatic carbocycles. The van der Waals surface area contributed by atoms with E-state index >= 15 is 0 Å². The standard InChI is InChI=1S/C15H19N3O2/c1-2-3-4-5-6-13-11-18(17-16-13)14-9-7-12(8-10-14)15(19)20/h7-11H,2-6H2,1H3,(H,19,20). The smallest absolute Gasteiger partial charge is 0.335 e. The third-order valence-electron chi connectivity index (χ3n) is 3.21. The van der Waals surface area contributed by atoms with Crippen molar-refractivity contribution in [2.45, 2.75) is 39.0 Å². The number of hydrogen-bond acceptors (Lipinski definition) is 3. The molecule has 2 rings (SSSR count). The first kappa shape index (κ1) is 14.2. The van der Waals surface area contributed by atoms with Crippen LogP contribution in [0.4, 0.5) is 0 Å². The minimum Gasteiger partial charge on any atom is -0.478 e. The number of aryl methyl sites for hydroxylation is 1. The number of rotatable bonds is 7. The van der Waals surface area contributed by atoms with Crippen LogP contribution < -0.4 is 0 Å². The lowest BCUT2D eigenvalue weighted by atomic mass is 10.1. The molecule has 0 saturated heterocycles. The molecule has 1 heterocycles. The summed E-state index contributed by atoms with van der Waals surface area (Å²) in [5.74, 6) is -0.924. The van der Waals surface area contributed by atoms with Crippen LogP contribution in [0.25, 0.3) is 5.69 Å². The number of carboxylic acids is 1. The van der Waals surface area contributed by atoms with Gasteiger partial charge in [-0.05, 0) is 37.1 Å². The lowest BCUT2D eigenvalue weighted by molar-refractivity contribution is 0.0697. The van der Waals surface area contributed by atoms with Crippen LogP contribution in [0.3, 0.4) is 0 Å². The third kappa shape index (κ3) is 3.66. The summed E-state index contributed by atoms with van der Waals surface area (Å²) in [7, 11) is 0. The maximum absolute atomic E-state index is 10.8. The van der Waals surface area contributed by atoms with Crippen LogP contribution in [0, 0.1) is 0 Å². The molecule has 1 N–H and O–H groups in total. The molecule has 0 spiro atoms. The lowest BCUT2D eigenvalue weighted by Gasteiger charge is -2.00. The predicted molar refractivity (Wildman–Crippen MR) is 76.2 cm³/mol. The highest BCUT2D eigenvalue weighted by molar-refractivity contribution is 5.87. The van der Waals surface area contributed by atoms with Gasteiger partial charge in [-0.3, -0.25) is 0 Å². The monoisotopic (exact) mass is 273 g/mol. The van der Waals surface area contributed by atoms with E-state index in [0.717, 1.165) is 24.2 Å². The molecular weight excluding hydrogens is 254 g/mol. The van der Waals surface area contributed by atoms with Gasteiger partial charge in [-0.2, -0.15) is 0 Å². The number of aromatic carboxylic acids is 1. The van der Waals surface area contributed by atoms with Crippen LogP contribution in [0.5, 0.6) is 0 Å². The fourth-order valence-electron chi connectivity index (χ4n) is 2.03. The molecule has 0 saturated carbocycles. The molecule has 106 valence electrons. The van der Waals surface area contributed by atoms with Gasteiger partial charge < -0.3 is 5.11 Å². The average Bonchev–Trinajstić information content (AvgIpc) is 2.92. The average molecular weight is 273 g/mol. The summed E-state index contributed by atoms with van der Waals surface area (Å²) in [4.78, 5) is 10.8. The van der Waals surface area contributed by atoms with Gasteiger partial charge in [-0.25, -0.2) is 9.48 Å². The van der Waals surface area contributed by atoms with Crippen LogP contribution in [0.15, 0.2) is 30.5 Å². The first-order chi connectivity index (χ1) is 9.70. The van der Waals surface area contributed by atoms with E-state index in [9.17, 15) is 4.79 Å². The Bertz CT molecular complexity index is 561. The van der Waals surface area contributed by atoms with Crippen molar-refractivity contribution < 1.29 is 9.90 Å². The molecule has 1 aromatic heterocycles. The number of unbranched alkanes of at least 4 members (excludes halogenated alkanes) is 3. The van der Waals surface area contributed by atoms with Crippen molar-refractivity contribution in [2.24, 2.45) is 0 Å². The van der Waals surface area contributed by atoms with Gasteiger partial charge in [0.1, 0.15) is 0 Å². The summed E-state index contributed by atoms with van der Waals surface area (Å²) in [6.45, 7) is 2.19. The van der Waals surface area contributed by atoms with Crippen LogP contribution in [0.1, 0.15) is 48.7 Å². The summed E-state index contributed by atoms with van der Waals surface area (Å²) < 4.78 is 1.68. The first-order valence-corrected chi connectivity index (χ1v) is 6.95.